The summed E-state index contributed by atoms with van der Waals surface area (Å²) in [4.78, 5) is 14.2. The second-order valence-electron chi connectivity index (χ2n) is 9.79. The van der Waals surface area contributed by atoms with Gasteiger partial charge in [0.25, 0.3) is 5.91 Å². The summed E-state index contributed by atoms with van der Waals surface area (Å²) >= 11 is 0. The van der Waals surface area contributed by atoms with Crippen molar-refractivity contribution in [2.24, 2.45) is 5.92 Å². The maximum Gasteiger partial charge on any atom is 0.255 e. The summed E-state index contributed by atoms with van der Waals surface area (Å²) in [6.07, 6.45) is 7.74. The first-order chi connectivity index (χ1) is 17.8. The molecule has 0 radical (unpaired) electrons. The van der Waals surface area contributed by atoms with Crippen LogP contribution in [0.4, 0.5) is 0 Å². The number of hydrogen-bond donors (Lipinski definition) is 1. The Kier molecular flexibility index (Phi) is 7.61. The molecule has 1 aliphatic carbocycles. The number of hydrogen-bond acceptors (Lipinski definition) is 2. The van der Waals surface area contributed by atoms with E-state index in [0.717, 1.165) is 48.3 Å². The van der Waals surface area contributed by atoms with Gasteiger partial charge in [0, 0.05) is 5.56 Å². The van der Waals surface area contributed by atoms with Crippen molar-refractivity contribution in [3.05, 3.63) is 108 Å². The second kappa shape index (κ2) is 11.4. The van der Waals surface area contributed by atoms with E-state index < -0.39 is 0 Å². The van der Waals surface area contributed by atoms with E-state index in [1.807, 2.05) is 59.3 Å². The van der Waals surface area contributed by atoms with Gasteiger partial charge in [-0.1, -0.05) is 111 Å². The van der Waals surface area contributed by atoms with E-state index in [9.17, 15) is 4.79 Å². The average molecular weight is 478 g/mol. The van der Waals surface area contributed by atoms with Crippen LogP contribution in [-0.4, -0.2) is 15.7 Å². The number of rotatable bonds is 8. The molecular weight excluding hydrogens is 442 g/mol. The van der Waals surface area contributed by atoms with E-state index >= 15 is 0 Å². The van der Waals surface area contributed by atoms with Gasteiger partial charge in [0.15, 0.2) is 0 Å². The largest absolute Gasteiger partial charge is 0.345 e. The summed E-state index contributed by atoms with van der Waals surface area (Å²) in [6.45, 7) is 2.15. The minimum atomic E-state index is -0.0288. The number of nitrogens with zero attached hydrogens (tertiary/aromatic N) is 2. The third kappa shape index (κ3) is 5.13. The molecule has 1 aliphatic rings. The number of amides is 1. The Bertz CT molecular complexity index is 1260. The van der Waals surface area contributed by atoms with Crippen molar-refractivity contribution in [3.63, 3.8) is 0 Å². The third-order valence-electron chi connectivity index (χ3n) is 7.31. The Morgan fingerprint density at radius 3 is 2.14 bits per heavy atom. The molecule has 1 unspecified atom stereocenters. The number of benzene rings is 3. The van der Waals surface area contributed by atoms with Crippen LogP contribution in [0.3, 0.4) is 0 Å². The molecule has 4 aromatic rings. The Hall–Kier alpha value is -3.66. The lowest BCUT2D eigenvalue weighted by molar-refractivity contribution is 0.0912. The van der Waals surface area contributed by atoms with Crippen LogP contribution < -0.4 is 5.32 Å². The number of carbonyl (C=O) groups is 1. The van der Waals surface area contributed by atoms with Crippen LogP contribution in [0, 0.1) is 5.92 Å². The normalized spacial score (nSPS) is 14.9. The van der Waals surface area contributed by atoms with E-state index in [2.05, 4.69) is 48.6 Å². The first-order valence-corrected chi connectivity index (χ1v) is 13.3. The van der Waals surface area contributed by atoms with Crippen molar-refractivity contribution < 1.29 is 4.79 Å². The van der Waals surface area contributed by atoms with Crippen LogP contribution in [-0.2, 0) is 6.42 Å². The van der Waals surface area contributed by atoms with Gasteiger partial charge in [0.2, 0.25) is 0 Å². The topological polar surface area (TPSA) is 46.9 Å². The minimum Gasteiger partial charge on any atom is -0.345 e. The second-order valence-corrected chi connectivity index (χ2v) is 9.79. The van der Waals surface area contributed by atoms with Crippen LogP contribution in [0.25, 0.3) is 16.9 Å². The summed E-state index contributed by atoms with van der Waals surface area (Å²) in [7, 11) is 0. The third-order valence-corrected chi connectivity index (χ3v) is 7.31. The fourth-order valence-electron chi connectivity index (χ4n) is 5.55. The Labute approximate surface area is 214 Å². The van der Waals surface area contributed by atoms with Crippen molar-refractivity contribution in [1.29, 1.82) is 0 Å². The highest BCUT2D eigenvalue weighted by Crippen LogP contribution is 2.36. The molecule has 4 nitrogen and oxygen atoms in total. The molecule has 0 saturated heterocycles. The number of aromatic nitrogens is 2. The van der Waals surface area contributed by atoms with E-state index in [1.54, 1.807) is 0 Å². The Balaban J connectivity index is 1.60. The van der Waals surface area contributed by atoms with Crippen LogP contribution in [0.15, 0.2) is 91.0 Å². The fraction of sp³-hybridized carbons (Fsp3) is 0.312. The predicted octanol–water partition coefficient (Wildman–Crippen LogP) is 7.54. The smallest absolute Gasteiger partial charge is 0.255 e. The van der Waals surface area contributed by atoms with Gasteiger partial charge in [-0.15, -0.1) is 0 Å². The quantitative estimate of drug-likeness (QED) is 0.285. The SMILES string of the molecule is CCCc1c(C(=O)NC(c2ccccc2)C2CCCCC2)c(-c2ccccc2)nn1-c1ccccc1. The van der Waals surface area contributed by atoms with Crippen LogP contribution in [0.2, 0.25) is 0 Å². The summed E-state index contributed by atoms with van der Waals surface area (Å²) in [5.74, 6) is 0.419. The fourth-order valence-corrected chi connectivity index (χ4v) is 5.55. The molecule has 4 heteroatoms. The minimum absolute atomic E-state index is 0.00262. The lowest BCUT2D eigenvalue weighted by atomic mass is 9.81. The summed E-state index contributed by atoms with van der Waals surface area (Å²) in [5.41, 5.74) is 5.54. The van der Waals surface area contributed by atoms with Gasteiger partial charge in [-0.2, -0.15) is 5.10 Å². The summed E-state index contributed by atoms with van der Waals surface area (Å²) in [5, 5.41) is 8.54. The van der Waals surface area contributed by atoms with Crippen LogP contribution in [0.5, 0.6) is 0 Å². The molecule has 0 aliphatic heterocycles. The van der Waals surface area contributed by atoms with E-state index in [0.29, 0.717) is 11.5 Å². The number of nitrogens with one attached hydrogen (secondary N) is 1. The first kappa shape index (κ1) is 24.1. The van der Waals surface area contributed by atoms with Gasteiger partial charge < -0.3 is 5.32 Å². The zero-order chi connectivity index (χ0) is 24.7. The maximum atomic E-state index is 14.2. The van der Waals surface area contributed by atoms with Crippen molar-refractivity contribution in [1.82, 2.24) is 15.1 Å². The zero-order valence-electron chi connectivity index (χ0n) is 21.1. The van der Waals surface area contributed by atoms with Gasteiger partial charge in [-0.05, 0) is 42.9 Å². The molecule has 1 fully saturated rings. The van der Waals surface area contributed by atoms with Crippen LogP contribution in [0.1, 0.15) is 73.1 Å². The Morgan fingerprint density at radius 1 is 0.889 bits per heavy atom. The molecule has 1 saturated carbocycles. The molecule has 0 spiro atoms. The first-order valence-electron chi connectivity index (χ1n) is 13.3. The molecule has 1 atom stereocenters. The molecule has 1 amide bonds. The lowest BCUT2D eigenvalue weighted by Gasteiger charge is -2.31. The highest BCUT2D eigenvalue weighted by Gasteiger charge is 2.30. The van der Waals surface area contributed by atoms with E-state index in [4.69, 9.17) is 5.10 Å². The zero-order valence-corrected chi connectivity index (χ0v) is 21.1. The molecule has 1 heterocycles. The summed E-state index contributed by atoms with van der Waals surface area (Å²) in [6, 6.07) is 30.7. The number of carbonyl (C=O) groups excluding carboxylic acids is 1. The highest BCUT2D eigenvalue weighted by molar-refractivity contribution is 6.01. The standard InChI is InChI=1S/C32H35N3O/c1-2-15-28-29(31(26-20-11-5-12-21-26)34-35(28)27-22-13-6-14-23-27)32(36)33-30(24-16-7-3-8-17-24)25-18-9-4-10-19-25/h3,5-8,11-14,16-17,20-23,25,30H,2,4,9-10,15,18-19H2,1H3,(H,33,36). The lowest BCUT2D eigenvalue weighted by Crippen LogP contribution is -2.35. The molecule has 3 aromatic carbocycles. The van der Waals surface area contributed by atoms with Crippen molar-refractivity contribution in [2.45, 2.75) is 57.9 Å². The van der Waals surface area contributed by atoms with Crippen molar-refractivity contribution in [2.75, 3.05) is 0 Å². The molecule has 5 rings (SSSR count). The van der Waals surface area contributed by atoms with Crippen molar-refractivity contribution in [3.8, 4) is 16.9 Å². The molecular formula is C32H35N3O. The molecule has 184 valence electrons. The van der Waals surface area contributed by atoms with Crippen molar-refractivity contribution >= 4 is 5.91 Å². The predicted molar refractivity (Wildman–Crippen MR) is 146 cm³/mol. The number of para-hydroxylation sites is 1. The van der Waals surface area contributed by atoms with E-state index in [1.165, 1.54) is 24.8 Å². The van der Waals surface area contributed by atoms with Gasteiger partial charge in [-0.25, -0.2) is 4.68 Å². The molecule has 36 heavy (non-hydrogen) atoms. The monoisotopic (exact) mass is 477 g/mol. The molecule has 1 aromatic heterocycles. The molecule has 1 N–H and O–H groups in total. The van der Waals surface area contributed by atoms with Gasteiger partial charge in [0.1, 0.15) is 5.69 Å². The van der Waals surface area contributed by atoms with Gasteiger partial charge in [0.05, 0.1) is 23.0 Å². The van der Waals surface area contributed by atoms with Crippen LogP contribution >= 0.6 is 0 Å². The average Bonchev–Trinajstić information content (AvgIpc) is 3.33. The maximum absolute atomic E-state index is 14.2. The Morgan fingerprint density at radius 2 is 1.50 bits per heavy atom. The van der Waals surface area contributed by atoms with Gasteiger partial charge in [-0.3, -0.25) is 4.79 Å². The van der Waals surface area contributed by atoms with Gasteiger partial charge >= 0.3 is 0 Å². The molecule has 0 bridgehead atoms. The van der Waals surface area contributed by atoms with E-state index in [-0.39, 0.29) is 11.9 Å². The summed E-state index contributed by atoms with van der Waals surface area (Å²) < 4.78 is 1.97. The highest BCUT2D eigenvalue weighted by atomic mass is 16.1.